The van der Waals surface area contributed by atoms with Gasteiger partial charge in [0.2, 0.25) is 0 Å². The quantitative estimate of drug-likeness (QED) is 0.851. The molecule has 0 radical (unpaired) electrons. The zero-order valence-electron chi connectivity index (χ0n) is 11.1. The van der Waals surface area contributed by atoms with Crippen molar-refractivity contribution in [2.75, 3.05) is 27.3 Å². The lowest BCUT2D eigenvalue weighted by Gasteiger charge is -2.21. The lowest BCUT2D eigenvalue weighted by Crippen LogP contribution is -2.30. The predicted molar refractivity (Wildman–Crippen MR) is 73.9 cm³/mol. The summed E-state index contributed by atoms with van der Waals surface area (Å²) in [5.74, 6) is 1.02. The van der Waals surface area contributed by atoms with Gasteiger partial charge >= 0.3 is 0 Å². The molecule has 1 atom stereocenters. The van der Waals surface area contributed by atoms with Gasteiger partial charge in [0.05, 0.1) is 23.8 Å². The van der Waals surface area contributed by atoms with Crippen LogP contribution in [0.1, 0.15) is 18.4 Å². The fourth-order valence-electron chi connectivity index (χ4n) is 2.29. The third-order valence-electron chi connectivity index (χ3n) is 3.45. The highest BCUT2D eigenvalue weighted by atomic mass is 35.5. The Hall–Kier alpha value is -1.44. The standard InChI is InChI=1S/C14H17ClN2O2/c1-17-5-3-4-11(17)9-19-14-12(15)6-10(8-16)7-13(14)18-2/h6-7,11H,3-5,9H2,1-2H3. The number of nitrogens with zero attached hydrogens (tertiary/aromatic N) is 2. The van der Waals surface area contributed by atoms with E-state index < -0.39 is 0 Å². The number of halogens is 1. The SMILES string of the molecule is COc1cc(C#N)cc(Cl)c1OCC1CCCN1C. The minimum absolute atomic E-state index is 0.413. The first-order valence-electron chi connectivity index (χ1n) is 6.26. The van der Waals surface area contributed by atoms with E-state index in [1.165, 1.54) is 6.42 Å². The Morgan fingerprint density at radius 3 is 2.89 bits per heavy atom. The highest BCUT2D eigenvalue weighted by Gasteiger charge is 2.22. The van der Waals surface area contributed by atoms with Crippen molar-refractivity contribution >= 4 is 11.6 Å². The second kappa shape index (κ2) is 6.14. The second-order valence-electron chi connectivity index (χ2n) is 4.69. The van der Waals surface area contributed by atoms with Gasteiger partial charge in [0, 0.05) is 12.1 Å². The fourth-order valence-corrected chi connectivity index (χ4v) is 2.56. The summed E-state index contributed by atoms with van der Waals surface area (Å²) in [6.07, 6.45) is 2.33. The molecule has 0 aromatic heterocycles. The maximum atomic E-state index is 8.90. The molecule has 1 fully saturated rings. The van der Waals surface area contributed by atoms with Gasteiger partial charge in [-0.3, -0.25) is 0 Å². The molecule has 1 aliphatic rings. The summed E-state index contributed by atoms with van der Waals surface area (Å²) < 4.78 is 11.0. The Morgan fingerprint density at radius 2 is 2.32 bits per heavy atom. The van der Waals surface area contributed by atoms with Crippen molar-refractivity contribution in [3.05, 3.63) is 22.7 Å². The summed E-state index contributed by atoms with van der Waals surface area (Å²) >= 11 is 6.14. The molecule has 1 heterocycles. The van der Waals surface area contributed by atoms with Crippen molar-refractivity contribution in [3.63, 3.8) is 0 Å². The Balaban J connectivity index is 2.13. The Labute approximate surface area is 118 Å². The van der Waals surface area contributed by atoms with Gasteiger partial charge in [-0.1, -0.05) is 11.6 Å². The minimum Gasteiger partial charge on any atom is -0.493 e. The van der Waals surface area contributed by atoms with Crippen LogP contribution in [0, 0.1) is 11.3 Å². The average Bonchev–Trinajstić information content (AvgIpc) is 2.82. The zero-order chi connectivity index (χ0) is 13.8. The molecule has 102 valence electrons. The molecule has 0 saturated carbocycles. The number of methoxy groups -OCH3 is 1. The highest BCUT2D eigenvalue weighted by molar-refractivity contribution is 6.32. The van der Waals surface area contributed by atoms with E-state index in [0.717, 1.165) is 13.0 Å². The molecular formula is C14H17ClN2O2. The van der Waals surface area contributed by atoms with Crippen LogP contribution < -0.4 is 9.47 Å². The van der Waals surface area contributed by atoms with Crippen LogP contribution in [0.15, 0.2) is 12.1 Å². The summed E-state index contributed by atoms with van der Waals surface area (Å²) in [5.41, 5.74) is 0.465. The van der Waals surface area contributed by atoms with Gasteiger partial charge < -0.3 is 14.4 Å². The molecule has 0 amide bonds. The van der Waals surface area contributed by atoms with Crippen LogP contribution in [-0.4, -0.2) is 38.3 Å². The molecule has 4 nitrogen and oxygen atoms in total. The topological polar surface area (TPSA) is 45.5 Å². The van der Waals surface area contributed by atoms with E-state index in [1.54, 1.807) is 19.2 Å². The van der Waals surface area contributed by atoms with Crippen LogP contribution in [0.5, 0.6) is 11.5 Å². The summed E-state index contributed by atoms with van der Waals surface area (Å²) in [5, 5.41) is 9.31. The van der Waals surface area contributed by atoms with E-state index in [4.69, 9.17) is 26.3 Å². The molecule has 2 rings (SSSR count). The number of likely N-dealkylation sites (N-methyl/N-ethyl adjacent to an activating group) is 1. The molecule has 1 aromatic carbocycles. The number of likely N-dealkylation sites (tertiary alicyclic amines) is 1. The van der Waals surface area contributed by atoms with Gasteiger partial charge in [-0.25, -0.2) is 0 Å². The molecular weight excluding hydrogens is 264 g/mol. The Bertz CT molecular complexity index is 499. The van der Waals surface area contributed by atoms with Crippen molar-refractivity contribution in [1.82, 2.24) is 4.90 Å². The molecule has 19 heavy (non-hydrogen) atoms. The van der Waals surface area contributed by atoms with E-state index in [1.807, 2.05) is 6.07 Å². The van der Waals surface area contributed by atoms with Crippen LogP contribution >= 0.6 is 11.6 Å². The number of rotatable bonds is 4. The highest BCUT2D eigenvalue weighted by Crippen LogP contribution is 2.36. The molecule has 1 unspecified atom stereocenters. The van der Waals surface area contributed by atoms with Crippen LogP contribution in [0.25, 0.3) is 0 Å². The number of ether oxygens (including phenoxy) is 2. The zero-order valence-corrected chi connectivity index (χ0v) is 11.9. The number of nitriles is 1. The number of hydrogen-bond acceptors (Lipinski definition) is 4. The molecule has 0 N–H and O–H groups in total. The third-order valence-corrected chi connectivity index (χ3v) is 3.73. The molecule has 1 saturated heterocycles. The molecule has 0 aliphatic carbocycles. The first-order valence-corrected chi connectivity index (χ1v) is 6.64. The summed E-state index contributed by atoms with van der Waals surface area (Å²) in [7, 11) is 3.64. The van der Waals surface area contributed by atoms with E-state index in [0.29, 0.717) is 34.7 Å². The van der Waals surface area contributed by atoms with E-state index in [-0.39, 0.29) is 0 Å². The normalized spacial score (nSPS) is 19.2. The van der Waals surface area contributed by atoms with Crippen molar-refractivity contribution < 1.29 is 9.47 Å². The second-order valence-corrected chi connectivity index (χ2v) is 5.10. The molecule has 0 spiro atoms. The van der Waals surface area contributed by atoms with Gasteiger partial charge in [0.25, 0.3) is 0 Å². The molecule has 1 aromatic rings. The van der Waals surface area contributed by atoms with Gasteiger partial charge in [0.1, 0.15) is 6.61 Å². The third kappa shape index (κ3) is 3.12. The van der Waals surface area contributed by atoms with Crippen molar-refractivity contribution in [3.8, 4) is 17.6 Å². The molecule has 5 heteroatoms. The van der Waals surface area contributed by atoms with Crippen molar-refractivity contribution in [1.29, 1.82) is 5.26 Å². The minimum atomic E-state index is 0.413. The van der Waals surface area contributed by atoms with E-state index >= 15 is 0 Å². The van der Waals surface area contributed by atoms with E-state index in [9.17, 15) is 0 Å². The molecule has 1 aliphatic heterocycles. The first kappa shape index (κ1) is 14.0. The van der Waals surface area contributed by atoms with Crippen molar-refractivity contribution in [2.24, 2.45) is 0 Å². The number of benzene rings is 1. The summed E-state index contributed by atoms with van der Waals surface area (Å²) in [4.78, 5) is 2.28. The number of hydrogen-bond donors (Lipinski definition) is 0. The largest absolute Gasteiger partial charge is 0.493 e. The smallest absolute Gasteiger partial charge is 0.179 e. The van der Waals surface area contributed by atoms with Crippen LogP contribution in [0.3, 0.4) is 0 Å². The maximum absolute atomic E-state index is 8.90. The fraction of sp³-hybridized carbons (Fsp3) is 0.500. The van der Waals surface area contributed by atoms with E-state index in [2.05, 4.69) is 11.9 Å². The summed E-state index contributed by atoms with van der Waals surface area (Å²) in [6, 6.07) is 5.69. The molecule has 0 bridgehead atoms. The maximum Gasteiger partial charge on any atom is 0.179 e. The average molecular weight is 281 g/mol. The van der Waals surface area contributed by atoms with Gasteiger partial charge in [0.15, 0.2) is 11.5 Å². The van der Waals surface area contributed by atoms with Gasteiger partial charge in [-0.05, 0) is 32.5 Å². The van der Waals surface area contributed by atoms with Gasteiger partial charge in [-0.15, -0.1) is 0 Å². The lowest BCUT2D eigenvalue weighted by atomic mass is 10.2. The van der Waals surface area contributed by atoms with Gasteiger partial charge in [-0.2, -0.15) is 5.26 Å². The van der Waals surface area contributed by atoms with Crippen LogP contribution in [-0.2, 0) is 0 Å². The predicted octanol–water partition coefficient (Wildman–Crippen LogP) is 2.69. The van der Waals surface area contributed by atoms with Crippen LogP contribution in [0.4, 0.5) is 0 Å². The van der Waals surface area contributed by atoms with Crippen molar-refractivity contribution in [2.45, 2.75) is 18.9 Å². The first-order chi connectivity index (χ1) is 9.15. The monoisotopic (exact) mass is 280 g/mol. The lowest BCUT2D eigenvalue weighted by molar-refractivity contribution is 0.193. The summed E-state index contributed by atoms with van der Waals surface area (Å²) in [6.45, 7) is 1.69. The Kier molecular flexibility index (Phi) is 4.52. The van der Waals surface area contributed by atoms with Crippen LogP contribution in [0.2, 0.25) is 5.02 Å². The Morgan fingerprint density at radius 1 is 1.53 bits per heavy atom.